The Kier molecular flexibility index (Phi) is 6.21. The minimum atomic E-state index is -0.896. The third-order valence-corrected chi connectivity index (χ3v) is 3.57. The number of nitrogens with zero attached hydrogens (tertiary/aromatic N) is 1. The molecule has 116 valence electrons. The van der Waals surface area contributed by atoms with Crippen molar-refractivity contribution in [1.29, 1.82) is 0 Å². The molecule has 2 atom stereocenters. The Balaban J connectivity index is 2.82. The monoisotopic (exact) mass is 293 g/mol. The second-order valence-electron chi connectivity index (χ2n) is 5.19. The molecule has 0 saturated carbocycles. The Morgan fingerprint density at radius 2 is 1.86 bits per heavy atom. The van der Waals surface area contributed by atoms with Crippen molar-refractivity contribution >= 4 is 11.9 Å². The number of methoxy groups -OCH3 is 1. The van der Waals surface area contributed by atoms with E-state index < -0.39 is 11.9 Å². The standard InChI is InChI=1S/C16H23NO4/c1-5-14(12-6-8-13(21-4)9-7-12)15(18)17(3)10-11(2)16(19)20/h6-9,11,14H,5,10H2,1-4H3,(H,19,20). The number of benzene rings is 1. The lowest BCUT2D eigenvalue weighted by Gasteiger charge is -2.25. The fourth-order valence-corrected chi connectivity index (χ4v) is 2.23. The predicted octanol–water partition coefficient (Wildman–Crippen LogP) is 2.37. The Labute approximate surface area is 125 Å². The van der Waals surface area contributed by atoms with Gasteiger partial charge in [-0.2, -0.15) is 0 Å². The average molecular weight is 293 g/mol. The van der Waals surface area contributed by atoms with Gasteiger partial charge in [0, 0.05) is 13.6 Å². The molecule has 0 spiro atoms. The molecule has 0 aliphatic heterocycles. The third kappa shape index (κ3) is 4.48. The number of ether oxygens (including phenoxy) is 1. The van der Waals surface area contributed by atoms with Crippen LogP contribution in [0.15, 0.2) is 24.3 Å². The molecule has 2 unspecified atom stereocenters. The van der Waals surface area contributed by atoms with E-state index in [0.29, 0.717) is 6.42 Å². The molecular formula is C16H23NO4. The summed E-state index contributed by atoms with van der Waals surface area (Å²) in [5.74, 6) is -1.05. The number of likely N-dealkylation sites (N-methyl/N-ethyl adjacent to an activating group) is 1. The molecule has 0 aliphatic carbocycles. The fourth-order valence-electron chi connectivity index (χ4n) is 2.23. The molecule has 0 fully saturated rings. The zero-order valence-corrected chi connectivity index (χ0v) is 13.0. The zero-order chi connectivity index (χ0) is 16.0. The van der Waals surface area contributed by atoms with Crippen molar-refractivity contribution in [3.63, 3.8) is 0 Å². The van der Waals surface area contributed by atoms with Crippen LogP contribution in [0.1, 0.15) is 31.7 Å². The van der Waals surface area contributed by atoms with Crippen molar-refractivity contribution in [2.75, 3.05) is 20.7 Å². The molecular weight excluding hydrogens is 270 g/mol. The van der Waals surface area contributed by atoms with Crippen molar-refractivity contribution in [3.05, 3.63) is 29.8 Å². The van der Waals surface area contributed by atoms with E-state index >= 15 is 0 Å². The van der Waals surface area contributed by atoms with Gasteiger partial charge in [0.1, 0.15) is 5.75 Å². The van der Waals surface area contributed by atoms with Crippen molar-refractivity contribution in [2.24, 2.45) is 5.92 Å². The topological polar surface area (TPSA) is 66.8 Å². The van der Waals surface area contributed by atoms with Crippen LogP contribution in [-0.4, -0.2) is 42.6 Å². The van der Waals surface area contributed by atoms with Crippen LogP contribution in [0, 0.1) is 5.92 Å². The molecule has 0 bridgehead atoms. The van der Waals surface area contributed by atoms with Crippen LogP contribution in [0.5, 0.6) is 5.75 Å². The smallest absolute Gasteiger partial charge is 0.308 e. The summed E-state index contributed by atoms with van der Waals surface area (Å²) in [6.45, 7) is 3.75. The minimum Gasteiger partial charge on any atom is -0.497 e. The molecule has 1 N–H and O–H groups in total. The van der Waals surface area contributed by atoms with E-state index in [2.05, 4.69) is 0 Å². The van der Waals surface area contributed by atoms with Crippen LogP contribution < -0.4 is 4.74 Å². The number of aliphatic carboxylic acids is 1. The molecule has 0 aromatic heterocycles. The number of hydrogen-bond donors (Lipinski definition) is 1. The molecule has 1 aromatic rings. The number of amides is 1. The highest BCUT2D eigenvalue weighted by Gasteiger charge is 2.24. The van der Waals surface area contributed by atoms with Crippen LogP contribution in [0.25, 0.3) is 0 Å². The van der Waals surface area contributed by atoms with Crippen molar-refractivity contribution in [2.45, 2.75) is 26.2 Å². The van der Waals surface area contributed by atoms with Crippen molar-refractivity contribution in [3.8, 4) is 5.75 Å². The van der Waals surface area contributed by atoms with Gasteiger partial charge in [0.15, 0.2) is 0 Å². The van der Waals surface area contributed by atoms with E-state index in [0.717, 1.165) is 11.3 Å². The first-order valence-corrected chi connectivity index (χ1v) is 7.02. The van der Waals surface area contributed by atoms with Gasteiger partial charge in [-0.25, -0.2) is 0 Å². The summed E-state index contributed by atoms with van der Waals surface area (Å²) in [6, 6.07) is 7.40. The van der Waals surface area contributed by atoms with E-state index in [-0.39, 0.29) is 18.4 Å². The third-order valence-electron chi connectivity index (χ3n) is 3.57. The first-order chi connectivity index (χ1) is 9.90. The summed E-state index contributed by atoms with van der Waals surface area (Å²) in [5.41, 5.74) is 0.915. The quantitative estimate of drug-likeness (QED) is 0.838. The van der Waals surface area contributed by atoms with Crippen LogP contribution in [0.4, 0.5) is 0 Å². The summed E-state index contributed by atoms with van der Waals surface area (Å²) in [4.78, 5) is 24.9. The predicted molar refractivity (Wildman–Crippen MR) is 80.5 cm³/mol. The molecule has 5 heteroatoms. The maximum absolute atomic E-state index is 12.5. The van der Waals surface area contributed by atoms with Gasteiger partial charge in [0.25, 0.3) is 0 Å². The summed E-state index contributed by atoms with van der Waals surface area (Å²) >= 11 is 0. The molecule has 1 aromatic carbocycles. The minimum absolute atomic E-state index is 0.0595. The lowest BCUT2D eigenvalue weighted by molar-refractivity contribution is -0.142. The van der Waals surface area contributed by atoms with Gasteiger partial charge >= 0.3 is 5.97 Å². The molecule has 21 heavy (non-hydrogen) atoms. The Hall–Kier alpha value is -2.04. The van der Waals surface area contributed by atoms with Gasteiger partial charge in [0.2, 0.25) is 5.91 Å². The highest BCUT2D eigenvalue weighted by atomic mass is 16.5. The molecule has 0 heterocycles. The summed E-state index contributed by atoms with van der Waals surface area (Å²) in [7, 11) is 3.24. The number of carbonyl (C=O) groups is 2. The first kappa shape index (κ1) is 17.0. The maximum atomic E-state index is 12.5. The molecule has 0 aliphatic rings. The number of hydrogen-bond acceptors (Lipinski definition) is 3. The lowest BCUT2D eigenvalue weighted by Crippen LogP contribution is -2.36. The summed E-state index contributed by atoms with van der Waals surface area (Å²) in [5, 5.41) is 8.93. The molecule has 0 saturated heterocycles. The van der Waals surface area contributed by atoms with Crippen LogP contribution in [0.3, 0.4) is 0 Å². The maximum Gasteiger partial charge on any atom is 0.308 e. The van der Waals surface area contributed by atoms with E-state index in [9.17, 15) is 9.59 Å². The molecule has 1 amide bonds. The molecule has 0 radical (unpaired) electrons. The number of carboxylic acids is 1. The Morgan fingerprint density at radius 1 is 1.29 bits per heavy atom. The second kappa shape index (κ2) is 7.67. The number of carboxylic acid groups (broad SMARTS) is 1. The van der Waals surface area contributed by atoms with Crippen LogP contribution in [0.2, 0.25) is 0 Å². The first-order valence-electron chi connectivity index (χ1n) is 7.02. The largest absolute Gasteiger partial charge is 0.497 e. The number of carbonyl (C=O) groups excluding carboxylic acids is 1. The van der Waals surface area contributed by atoms with Crippen molar-refractivity contribution < 1.29 is 19.4 Å². The van der Waals surface area contributed by atoms with Crippen LogP contribution in [-0.2, 0) is 9.59 Å². The van der Waals surface area contributed by atoms with Gasteiger partial charge in [-0.15, -0.1) is 0 Å². The zero-order valence-electron chi connectivity index (χ0n) is 13.0. The summed E-state index contributed by atoms with van der Waals surface area (Å²) < 4.78 is 5.11. The fraction of sp³-hybridized carbons (Fsp3) is 0.500. The van der Waals surface area contributed by atoms with Gasteiger partial charge < -0.3 is 14.7 Å². The van der Waals surface area contributed by atoms with Gasteiger partial charge in [0.05, 0.1) is 18.9 Å². The molecule has 1 rings (SSSR count). The Morgan fingerprint density at radius 3 is 2.29 bits per heavy atom. The van der Waals surface area contributed by atoms with E-state index in [1.165, 1.54) is 4.90 Å². The highest BCUT2D eigenvalue weighted by molar-refractivity contribution is 5.84. The molecule has 5 nitrogen and oxygen atoms in total. The average Bonchev–Trinajstić information content (AvgIpc) is 2.48. The van der Waals surface area contributed by atoms with E-state index in [4.69, 9.17) is 9.84 Å². The normalized spacial score (nSPS) is 13.3. The lowest BCUT2D eigenvalue weighted by atomic mass is 9.94. The SMILES string of the molecule is CCC(C(=O)N(C)CC(C)C(=O)O)c1ccc(OC)cc1. The van der Waals surface area contributed by atoms with E-state index in [1.54, 1.807) is 21.1 Å². The second-order valence-corrected chi connectivity index (χ2v) is 5.19. The number of rotatable bonds is 7. The van der Waals surface area contributed by atoms with Crippen molar-refractivity contribution in [1.82, 2.24) is 4.90 Å². The van der Waals surface area contributed by atoms with Crippen LogP contribution >= 0.6 is 0 Å². The highest BCUT2D eigenvalue weighted by Crippen LogP contribution is 2.24. The Bertz CT molecular complexity index is 484. The van der Waals surface area contributed by atoms with Gasteiger partial charge in [-0.1, -0.05) is 26.0 Å². The summed E-state index contributed by atoms with van der Waals surface area (Å²) in [6.07, 6.45) is 0.664. The van der Waals surface area contributed by atoms with Gasteiger partial charge in [-0.05, 0) is 24.1 Å². The van der Waals surface area contributed by atoms with E-state index in [1.807, 2.05) is 31.2 Å². The van der Waals surface area contributed by atoms with Gasteiger partial charge in [-0.3, -0.25) is 9.59 Å².